The van der Waals surface area contributed by atoms with Crippen molar-refractivity contribution in [2.75, 3.05) is 0 Å². The summed E-state index contributed by atoms with van der Waals surface area (Å²) in [7, 11) is 0. The Bertz CT molecular complexity index is 591. The molecule has 0 aliphatic heterocycles. The Labute approximate surface area is 137 Å². The molecule has 21 heavy (non-hydrogen) atoms. The molecule has 0 aliphatic rings. The molecule has 0 saturated heterocycles. The van der Waals surface area contributed by atoms with Crippen molar-refractivity contribution in [3.05, 3.63) is 69.2 Å². The van der Waals surface area contributed by atoms with E-state index in [-0.39, 0.29) is 0 Å². The number of rotatable bonds is 5. The lowest BCUT2D eigenvalue weighted by molar-refractivity contribution is 0.410. The molecule has 2 aromatic rings. The van der Waals surface area contributed by atoms with Gasteiger partial charge in [0.25, 0.3) is 0 Å². The average molecular weight is 322 g/mol. The minimum absolute atomic E-state index is 0.294. The quantitative estimate of drug-likeness (QED) is 0.735. The predicted octanol–water partition coefficient (Wildman–Crippen LogP) is 5.79. The Kier molecular flexibility index (Phi) is 5.69. The van der Waals surface area contributed by atoms with Gasteiger partial charge in [0.2, 0.25) is 0 Å². The first kappa shape index (κ1) is 16.4. The summed E-state index contributed by atoms with van der Waals surface area (Å²) in [5.41, 5.74) is 3.57. The van der Waals surface area contributed by atoms with E-state index in [0.717, 1.165) is 22.2 Å². The highest BCUT2D eigenvalue weighted by molar-refractivity contribution is 6.31. The van der Waals surface area contributed by atoms with Crippen LogP contribution in [0.3, 0.4) is 0 Å². The Morgan fingerprint density at radius 3 is 2.24 bits per heavy atom. The number of nitrogens with one attached hydrogen (secondary N) is 1. The smallest absolute Gasteiger partial charge is 0.0438 e. The molecule has 1 unspecified atom stereocenters. The van der Waals surface area contributed by atoms with Crippen LogP contribution in [0, 0.1) is 12.8 Å². The maximum absolute atomic E-state index is 6.18. The molecule has 0 fully saturated rings. The van der Waals surface area contributed by atoms with E-state index in [1.54, 1.807) is 0 Å². The SMILES string of the molecule is Cc1ccc(CNC(c2ccc(Cl)cc2)C(C)C)cc1Cl. The van der Waals surface area contributed by atoms with Crippen molar-refractivity contribution in [3.8, 4) is 0 Å². The molecule has 0 amide bonds. The highest BCUT2D eigenvalue weighted by Gasteiger charge is 2.15. The van der Waals surface area contributed by atoms with Gasteiger partial charge in [0.05, 0.1) is 0 Å². The van der Waals surface area contributed by atoms with E-state index in [2.05, 4.69) is 43.4 Å². The van der Waals surface area contributed by atoms with Crippen LogP contribution in [0.25, 0.3) is 0 Å². The van der Waals surface area contributed by atoms with Gasteiger partial charge in [-0.1, -0.05) is 61.3 Å². The van der Waals surface area contributed by atoms with Crippen LogP contribution in [0.5, 0.6) is 0 Å². The first-order valence-electron chi connectivity index (χ1n) is 7.21. The van der Waals surface area contributed by atoms with Gasteiger partial charge in [0.15, 0.2) is 0 Å². The minimum atomic E-state index is 0.294. The summed E-state index contributed by atoms with van der Waals surface area (Å²) < 4.78 is 0. The van der Waals surface area contributed by atoms with Gasteiger partial charge in [-0.15, -0.1) is 0 Å². The first-order chi connectivity index (χ1) is 9.97. The monoisotopic (exact) mass is 321 g/mol. The first-order valence-corrected chi connectivity index (χ1v) is 7.97. The lowest BCUT2D eigenvalue weighted by Crippen LogP contribution is -2.25. The van der Waals surface area contributed by atoms with E-state index in [1.165, 1.54) is 11.1 Å². The summed E-state index contributed by atoms with van der Waals surface area (Å²) in [6, 6.07) is 14.6. The highest BCUT2D eigenvalue weighted by atomic mass is 35.5. The zero-order valence-corrected chi connectivity index (χ0v) is 14.2. The summed E-state index contributed by atoms with van der Waals surface area (Å²) in [6.45, 7) is 7.25. The van der Waals surface area contributed by atoms with Gasteiger partial charge in [-0.25, -0.2) is 0 Å². The summed E-state index contributed by atoms with van der Waals surface area (Å²) in [6.07, 6.45) is 0. The van der Waals surface area contributed by atoms with Crippen LogP contribution in [0.4, 0.5) is 0 Å². The van der Waals surface area contributed by atoms with Gasteiger partial charge in [-0.2, -0.15) is 0 Å². The molecular weight excluding hydrogens is 301 g/mol. The fraction of sp³-hybridized carbons (Fsp3) is 0.333. The molecule has 1 nitrogen and oxygen atoms in total. The minimum Gasteiger partial charge on any atom is -0.306 e. The number of hydrogen-bond donors (Lipinski definition) is 1. The highest BCUT2D eigenvalue weighted by Crippen LogP contribution is 2.24. The summed E-state index contributed by atoms with van der Waals surface area (Å²) in [4.78, 5) is 0. The maximum atomic E-state index is 6.18. The number of benzene rings is 2. The molecule has 0 heterocycles. The number of hydrogen-bond acceptors (Lipinski definition) is 1. The summed E-state index contributed by atoms with van der Waals surface area (Å²) in [5.74, 6) is 0.493. The zero-order valence-electron chi connectivity index (χ0n) is 12.7. The number of aryl methyl sites for hydroxylation is 1. The van der Waals surface area contributed by atoms with Crippen LogP contribution < -0.4 is 5.32 Å². The average Bonchev–Trinajstić information content (AvgIpc) is 2.44. The lowest BCUT2D eigenvalue weighted by atomic mass is 9.96. The second kappa shape index (κ2) is 7.31. The molecule has 1 atom stereocenters. The molecule has 0 bridgehead atoms. The van der Waals surface area contributed by atoms with Crippen molar-refractivity contribution in [2.24, 2.45) is 5.92 Å². The topological polar surface area (TPSA) is 12.0 Å². The van der Waals surface area contributed by atoms with Crippen LogP contribution >= 0.6 is 23.2 Å². The Balaban J connectivity index is 2.09. The van der Waals surface area contributed by atoms with E-state index in [0.29, 0.717) is 12.0 Å². The van der Waals surface area contributed by atoms with Crippen LogP contribution in [0.1, 0.15) is 36.6 Å². The molecule has 0 radical (unpaired) electrons. The Hall–Kier alpha value is -1.02. The van der Waals surface area contributed by atoms with Gasteiger partial charge in [-0.05, 0) is 47.7 Å². The van der Waals surface area contributed by atoms with Crippen LogP contribution in [0.2, 0.25) is 10.0 Å². The van der Waals surface area contributed by atoms with Gasteiger partial charge >= 0.3 is 0 Å². The maximum Gasteiger partial charge on any atom is 0.0438 e. The number of halogens is 2. The van der Waals surface area contributed by atoms with Crippen molar-refractivity contribution < 1.29 is 0 Å². The normalized spacial score (nSPS) is 12.7. The molecule has 2 aromatic carbocycles. The van der Waals surface area contributed by atoms with Crippen LogP contribution in [-0.2, 0) is 6.54 Å². The molecule has 0 spiro atoms. The van der Waals surface area contributed by atoms with E-state index >= 15 is 0 Å². The standard InChI is InChI=1S/C18H21Cl2N/c1-12(2)18(15-6-8-16(19)9-7-15)21-11-14-5-4-13(3)17(20)10-14/h4-10,12,18,21H,11H2,1-3H3. The summed E-state index contributed by atoms with van der Waals surface area (Å²) >= 11 is 12.1. The molecule has 112 valence electrons. The molecule has 1 N–H and O–H groups in total. The van der Waals surface area contributed by atoms with E-state index in [4.69, 9.17) is 23.2 Å². The van der Waals surface area contributed by atoms with E-state index in [1.807, 2.05) is 25.1 Å². The second-order valence-electron chi connectivity index (χ2n) is 5.74. The van der Waals surface area contributed by atoms with E-state index in [9.17, 15) is 0 Å². The zero-order chi connectivity index (χ0) is 15.4. The van der Waals surface area contributed by atoms with E-state index < -0.39 is 0 Å². The van der Waals surface area contributed by atoms with Crippen LogP contribution in [0.15, 0.2) is 42.5 Å². The van der Waals surface area contributed by atoms with Crippen molar-refractivity contribution in [1.82, 2.24) is 5.32 Å². The van der Waals surface area contributed by atoms with Crippen LogP contribution in [-0.4, -0.2) is 0 Å². The lowest BCUT2D eigenvalue weighted by Gasteiger charge is -2.23. The van der Waals surface area contributed by atoms with Gasteiger partial charge in [0.1, 0.15) is 0 Å². The van der Waals surface area contributed by atoms with Crippen molar-refractivity contribution in [2.45, 2.75) is 33.4 Å². The Morgan fingerprint density at radius 2 is 1.67 bits per heavy atom. The fourth-order valence-corrected chi connectivity index (χ4v) is 2.71. The van der Waals surface area contributed by atoms with Crippen molar-refractivity contribution in [3.63, 3.8) is 0 Å². The van der Waals surface area contributed by atoms with Gasteiger partial charge in [0, 0.05) is 22.6 Å². The molecule has 3 heteroatoms. The second-order valence-corrected chi connectivity index (χ2v) is 6.58. The van der Waals surface area contributed by atoms with Crippen molar-refractivity contribution in [1.29, 1.82) is 0 Å². The Morgan fingerprint density at radius 1 is 1.00 bits per heavy atom. The largest absolute Gasteiger partial charge is 0.306 e. The molecule has 0 aliphatic carbocycles. The van der Waals surface area contributed by atoms with Crippen molar-refractivity contribution >= 4 is 23.2 Å². The third kappa shape index (κ3) is 4.47. The molecule has 2 rings (SSSR count). The van der Waals surface area contributed by atoms with Gasteiger partial charge in [-0.3, -0.25) is 0 Å². The molecular formula is C18H21Cl2N. The summed E-state index contributed by atoms with van der Waals surface area (Å²) in [5, 5.41) is 5.21. The molecule has 0 saturated carbocycles. The predicted molar refractivity (Wildman–Crippen MR) is 92.1 cm³/mol. The fourth-order valence-electron chi connectivity index (χ4n) is 2.38. The third-order valence-corrected chi connectivity index (χ3v) is 4.32. The molecule has 0 aromatic heterocycles. The third-order valence-electron chi connectivity index (χ3n) is 3.66. The van der Waals surface area contributed by atoms with Gasteiger partial charge < -0.3 is 5.32 Å².